The van der Waals surface area contributed by atoms with Crippen LogP contribution in [0.15, 0.2) is 121 Å². The fraction of sp³-hybridized carbons (Fsp3) is 0.114. The first-order valence-electron chi connectivity index (χ1n) is 14.0. The van der Waals surface area contributed by atoms with E-state index < -0.39 is 0 Å². The highest BCUT2D eigenvalue weighted by Gasteiger charge is 2.18. The van der Waals surface area contributed by atoms with Crippen LogP contribution >= 0.6 is 31.9 Å². The van der Waals surface area contributed by atoms with E-state index in [1.807, 2.05) is 85.8 Å². The molecule has 0 spiro atoms. The highest BCUT2D eigenvalue weighted by atomic mass is 79.9. The fourth-order valence-corrected chi connectivity index (χ4v) is 6.05. The number of benzene rings is 4. The van der Waals surface area contributed by atoms with Crippen molar-refractivity contribution in [2.45, 2.75) is 20.0 Å². The first-order valence-corrected chi connectivity index (χ1v) is 15.6. The minimum Gasteiger partial charge on any atom is -0.490 e. The minimum atomic E-state index is -0.307. The van der Waals surface area contributed by atoms with Gasteiger partial charge in [-0.3, -0.25) is 4.79 Å². The van der Waals surface area contributed by atoms with Gasteiger partial charge in [-0.15, -0.1) is 6.58 Å². The molecule has 0 aliphatic carbocycles. The molecule has 6 rings (SSSR count). The molecule has 2 heterocycles. The summed E-state index contributed by atoms with van der Waals surface area (Å²) in [5.74, 6) is 1.95. The number of hydrogen-bond acceptors (Lipinski definition) is 6. The maximum atomic E-state index is 13.7. The number of allylic oxidation sites excluding steroid dienone is 1. The van der Waals surface area contributed by atoms with Gasteiger partial charge in [-0.25, -0.2) is 4.98 Å². The Hall–Kier alpha value is -4.47. The maximum Gasteiger partial charge on any atom is 0.282 e. The molecule has 0 saturated carbocycles. The Morgan fingerprint density at radius 1 is 0.977 bits per heavy atom. The van der Waals surface area contributed by atoms with Crippen LogP contribution in [0.2, 0.25) is 0 Å². The lowest BCUT2D eigenvalue weighted by molar-refractivity contribution is 0.266. The van der Waals surface area contributed by atoms with Gasteiger partial charge in [-0.2, -0.15) is 9.78 Å². The predicted octanol–water partition coefficient (Wildman–Crippen LogP) is 8.92. The molecule has 0 unspecified atom stereocenters. The summed E-state index contributed by atoms with van der Waals surface area (Å²) in [5.41, 5.74) is 3.54. The zero-order valence-corrected chi connectivity index (χ0v) is 27.0. The van der Waals surface area contributed by atoms with E-state index in [0.29, 0.717) is 59.2 Å². The fourth-order valence-electron chi connectivity index (χ4n) is 4.89. The first kappa shape index (κ1) is 29.6. The Morgan fingerprint density at radius 3 is 2.59 bits per heavy atom. The maximum absolute atomic E-state index is 13.7. The van der Waals surface area contributed by atoms with Crippen LogP contribution in [-0.2, 0) is 13.0 Å². The number of furan rings is 1. The van der Waals surface area contributed by atoms with Crippen molar-refractivity contribution >= 4 is 59.9 Å². The van der Waals surface area contributed by atoms with Gasteiger partial charge in [-0.05, 0) is 67.4 Å². The highest BCUT2D eigenvalue weighted by molar-refractivity contribution is 9.11. The smallest absolute Gasteiger partial charge is 0.282 e. The topological polar surface area (TPSA) is 78.9 Å². The molecule has 0 radical (unpaired) electrons. The molecule has 0 atom stereocenters. The van der Waals surface area contributed by atoms with Crippen molar-refractivity contribution in [2.75, 3.05) is 6.61 Å². The summed E-state index contributed by atoms with van der Waals surface area (Å²) in [6, 6.07) is 26.5. The van der Waals surface area contributed by atoms with E-state index in [-0.39, 0.29) is 5.56 Å². The summed E-state index contributed by atoms with van der Waals surface area (Å²) in [6.45, 7) is 6.63. The van der Waals surface area contributed by atoms with Crippen molar-refractivity contribution in [2.24, 2.45) is 5.10 Å². The Balaban J connectivity index is 1.43. The Morgan fingerprint density at radius 2 is 1.80 bits per heavy atom. The van der Waals surface area contributed by atoms with E-state index in [2.05, 4.69) is 43.5 Å². The SMILES string of the molecule is C=CCc1cc(C=Nn2c(-c3cc4ccccc4o3)nc3ccccc3c2=O)cc(OCC)c1OCc1ccc(Br)cc1Br. The van der Waals surface area contributed by atoms with Crippen LogP contribution in [0.25, 0.3) is 33.5 Å². The molecule has 4 aromatic carbocycles. The monoisotopic (exact) mass is 711 g/mol. The zero-order chi connectivity index (χ0) is 30.6. The number of para-hydroxylation sites is 2. The second-order valence-corrected chi connectivity index (χ2v) is 11.7. The lowest BCUT2D eigenvalue weighted by Gasteiger charge is -2.17. The molecule has 7 nitrogen and oxygen atoms in total. The largest absolute Gasteiger partial charge is 0.490 e. The molecule has 6 aromatic rings. The predicted molar refractivity (Wildman–Crippen MR) is 182 cm³/mol. The number of halogens is 2. The third-order valence-electron chi connectivity index (χ3n) is 6.93. The standard InChI is InChI=1S/C35H27Br2N3O4/c1-3-9-24-16-22(17-31(42-4-2)33(24)43-21-25-14-15-26(36)19-28(25)37)20-38-40-34(32-18-23-10-5-8-13-30(23)44-32)39-29-12-7-6-11-27(29)35(40)41/h3,5-8,10-20H,1,4,9,21H2,2H3. The van der Waals surface area contributed by atoms with Gasteiger partial charge in [0.25, 0.3) is 5.56 Å². The first-order chi connectivity index (χ1) is 21.4. The number of ether oxygens (including phenoxy) is 2. The van der Waals surface area contributed by atoms with Crippen molar-refractivity contribution in [1.82, 2.24) is 9.66 Å². The summed E-state index contributed by atoms with van der Waals surface area (Å²) in [7, 11) is 0. The van der Waals surface area contributed by atoms with Crippen LogP contribution in [0.5, 0.6) is 11.5 Å². The van der Waals surface area contributed by atoms with Gasteiger partial charge < -0.3 is 13.9 Å². The summed E-state index contributed by atoms with van der Waals surface area (Å²) in [6.07, 6.45) is 3.97. The summed E-state index contributed by atoms with van der Waals surface area (Å²) in [4.78, 5) is 18.5. The van der Waals surface area contributed by atoms with E-state index in [4.69, 9.17) is 18.9 Å². The van der Waals surface area contributed by atoms with Crippen LogP contribution in [0, 0.1) is 0 Å². The molecular weight excluding hydrogens is 686 g/mol. The molecule has 0 amide bonds. The second-order valence-electron chi connectivity index (χ2n) is 9.92. The quantitative estimate of drug-likeness (QED) is 0.105. The molecule has 0 aliphatic heterocycles. The molecule has 0 saturated heterocycles. The van der Waals surface area contributed by atoms with E-state index in [1.165, 1.54) is 4.68 Å². The van der Waals surface area contributed by atoms with Crippen LogP contribution in [0.3, 0.4) is 0 Å². The summed E-state index contributed by atoms with van der Waals surface area (Å²) < 4.78 is 21.6. The molecule has 0 aliphatic rings. The third kappa shape index (κ3) is 6.11. The van der Waals surface area contributed by atoms with Crippen LogP contribution in [-0.4, -0.2) is 22.5 Å². The van der Waals surface area contributed by atoms with E-state index in [0.717, 1.165) is 31.0 Å². The van der Waals surface area contributed by atoms with Crippen LogP contribution in [0.1, 0.15) is 23.6 Å². The van der Waals surface area contributed by atoms with Crippen molar-refractivity contribution in [3.8, 4) is 23.1 Å². The molecule has 0 bridgehead atoms. The number of hydrogen-bond donors (Lipinski definition) is 0. The van der Waals surface area contributed by atoms with Gasteiger partial charge in [0.2, 0.25) is 5.82 Å². The van der Waals surface area contributed by atoms with Gasteiger partial charge in [0.05, 0.1) is 23.7 Å². The molecule has 9 heteroatoms. The van der Waals surface area contributed by atoms with Crippen molar-refractivity contribution in [3.05, 3.63) is 134 Å². The lowest BCUT2D eigenvalue weighted by Crippen LogP contribution is -2.20. The van der Waals surface area contributed by atoms with Crippen LogP contribution in [0.4, 0.5) is 0 Å². The van der Waals surface area contributed by atoms with Crippen molar-refractivity contribution in [1.29, 1.82) is 0 Å². The van der Waals surface area contributed by atoms with Crippen molar-refractivity contribution in [3.63, 3.8) is 0 Å². The van der Waals surface area contributed by atoms with Gasteiger partial charge in [0.15, 0.2) is 17.3 Å². The van der Waals surface area contributed by atoms with Crippen molar-refractivity contribution < 1.29 is 13.9 Å². The Kier molecular flexibility index (Phi) is 8.77. The highest BCUT2D eigenvalue weighted by Crippen LogP contribution is 2.35. The van der Waals surface area contributed by atoms with Crippen LogP contribution < -0.4 is 15.0 Å². The second kappa shape index (κ2) is 13.0. The average Bonchev–Trinajstić information content (AvgIpc) is 3.46. The molecule has 0 fully saturated rings. The van der Waals surface area contributed by atoms with Gasteiger partial charge >= 0.3 is 0 Å². The molecule has 44 heavy (non-hydrogen) atoms. The zero-order valence-electron chi connectivity index (χ0n) is 23.8. The molecule has 220 valence electrons. The average molecular weight is 713 g/mol. The Labute approximate surface area is 270 Å². The van der Waals surface area contributed by atoms with E-state index in [1.54, 1.807) is 18.3 Å². The normalized spacial score (nSPS) is 11.4. The lowest BCUT2D eigenvalue weighted by atomic mass is 10.1. The van der Waals surface area contributed by atoms with E-state index >= 15 is 0 Å². The molecule has 0 N–H and O–H groups in total. The molecular formula is C35H27Br2N3O4. The third-order valence-corrected chi connectivity index (χ3v) is 8.16. The van der Waals surface area contributed by atoms with Gasteiger partial charge in [-0.1, -0.05) is 74.3 Å². The summed E-state index contributed by atoms with van der Waals surface area (Å²) >= 11 is 7.11. The number of nitrogens with zero attached hydrogens (tertiary/aromatic N) is 3. The number of aromatic nitrogens is 2. The van der Waals surface area contributed by atoms with Gasteiger partial charge in [0, 0.05) is 25.5 Å². The van der Waals surface area contributed by atoms with E-state index in [9.17, 15) is 4.79 Å². The number of rotatable bonds is 10. The van der Waals surface area contributed by atoms with Gasteiger partial charge in [0.1, 0.15) is 12.2 Å². The summed E-state index contributed by atoms with van der Waals surface area (Å²) in [5, 5.41) is 6.00. The number of fused-ring (bicyclic) bond motifs is 2. The minimum absolute atomic E-state index is 0.303. The Bertz CT molecular complexity index is 2070. The molecule has 2 aromatic heterocycles.